The molecule has 0 radical (unpaired) electrons. The van der Waals surface area contributed by atoms with Crippen LogP contribution in [-0.4, -0.2) is 113 Å². The van der Waals surface area contributed by atoms with Gasteiger partial charge in [0.1, 0.15) is 29.4 Å². The third kappa shape index (κ3) is 8.02. The van der Waals surface area contributed by atoms with Crippen LogP contribution in [-0.2, 0) is 9.59 Å². The van der Waals surface area contributed by atoms with Crippen LogP contribution in [0.3, 0.4) is 0 Å². The Balaban J connectivity index is 0.683. The van der Waals surface area contributed by atoms with Crippen LogP contribution in [0.2, 0.25) is 5.02 Å². The molecule has 5 fully saturated rings. The summed E-state index contributed by atoms with van der Waals surface area (Å²) in [5, 5.41) is 14.8. The van der Waals surface area contributed by atoms with Crippen molar-refractivity contribution in [2.45, 2.75) is 82.4 Å². The number of anilines is 2. The number of fused-ring (bicyclic) bond motifs is 1. The summed E-state index contributed by atoms with van der Waals surface area (Å²) in [6, 6.07) is 11.6. The third-order valence-corrected chi connectivity index (χ3v) is 13.8. The molecule has 15 nitrogen and oxygen atoms in total. The summed E-state index contributed by atoms with van der Waals surface area (Å²) in [6.07, 6.45) is 11.1. The smallest absolute Gasteiger partial charge is 0.271 e. The average Bonchev–Trinajstić information content (AvgIpc) is 3.49. The lowest BCUT2D eigenvalue weighted by atomic mass is 9.72. The van der Waals surface area contributed by atoms with E-state index in [1.165, 1.54) is 0 Å². The molecule has 6 aliphatic rings. The maximum atomic E-state index is 13.3. The predicted molar refractivity (Wildman–Crippen MR) is 221 cm³/mol. The maximum Gasteiger partial charge on any atom is 0.271 e. The van der Waals surface area contributed by atoms with Gasteiger partial charge >= 0.3 is 0 Å². The summed E-state index contributed by atoms with van der Waals surface area (Å²) in [6.45, 7) is 6.84. The van der Waals surface area contributed by atoms with Gasteiger partial charge in [0.05, 0.1) is 40.2 Å². The van der Waals surface area contributed by atoms with E-state index in [1.807, 2.05) is 6.07 Å². The normalized spacial score (nSPS) is 24.5. The largest absolute Gasteiger partial charge is 0.490 e. The van der Waals surface area contributed by atoms with Crippen LogP contribution in [0.4, 0.5) is 11.5 Å². The van der Waals surface area contributed by atoms with E-state index < -0.39 is 23.8 Å². The molecular weight excluding hydrogens is 786 g/mol. The highest BCUT2D eigenvalue weighted by Crippen LogP contribution is 2.42. The lowest BCUT2D eigenvalue weighted by molar-refractivity contribution is -0.136. The molecule has 5 amide bonds. The lowest BCUT2D eigenvalue weighted by Gasteiger charge is -2.54. The Morgan fingerprint density at radius 3 is 2.32 bits per heavy atom. The first-order valence-electron chi connectivity index (χ1n) is 21.1. The Hall–Kier alpha value is -5.59. The lowest BCUT2D eigenvalue weighted by Crippen LogP contribution is -2.61. The van der Waals surface area contributed by atoms with Crippen LogP contribution < -0.4 is 25.2 Å². The monoisotopic (exact) mass is 833 g/mol. The molecule has 3 aromatic rings. The standard InChI is InChI=1S/C44H48ClN9O6/c45-35-20-32(5-1-28(35)21-46)60-31-6-2-29(3-7-31)49-40(56)36-22-48-38(23-47-36)53-25-44(26-53)13-17-51(18-14-44)24-27-11-15-52(16-12-27)30-4-8-33-34(19-30)43(59)54(42(33)58)37-9-10-39(55)50-41(37)57/h1,4-5,8,19-20,22-23,27,29,31,37H,2-3,6-7,9-18,24-26H2,(H,49,56)(H,50,55,57). The van der Waals surface area contributed by atoms with Gasteiger partial charge in [-0.25, -0.2) is 9.97 Å². The molecule has 1 aromatic heterocycles. The molecule has 9 rings (SSSR count). The van der Waals surface area contributed by atoms with Crippen LogP contribution in [0.15, 0.2) is 48.8 Å². The first-order valence-corrected chi connectivity index (χ1v) is 21.5. The molecular formula is C44H48ClN9O6. The first-order chi connectivity index (χ1) is 29.0. The number of nitrogens with zero attached hydrogens (tertiary/aromatic N) is 7. The Morgan fingerprint density at radius 1 is 0.883 bits per heavy atom. The van der Waals surface area contributed by atoms with Gasteiger partial charge in [-0.2, -0.15) is 5.26 Å². The highest BCUT2D eigenvalue weighted by molar-refractivity contribution is 6.31. The van der Waals surface area contributed by atoms with E-state index in [-0.39, 0.29) is 42.2 Å². The van der Waals surface area contributed by atoms with Gasteiger partial charge in [-0.3, -0.25) is 34.2 Å². The summed E-state index contributed by atoms with van der Waals surface area (Å²) in [5.41, 5.74) is 2.55. The van der Waals surface area contributed by atoms with E-state index >= 15 is 0 Å². The van der Waals surface area contributed by atoms with Gasteiger partial charge in [-0.15, -0.1) is 0 Å². The zero-order valence-electron chi connectivity index (χ0n) is 33.4. The van der Waals surface area contributed by atoms with Crippen molar-refractivity contribution in [3.8, 4) is 11.8 Å². The van der Waals surface area contributed by atoms with Gasteiger partial charge in [0.15, 0.2) is 0 Å². The minimum Gasteiger partial charge on any atom is -0.490 e. The number of amides is 5. The molecule has 312 valence electrons. The number of hydrogen-bond acceptors (Lipinski definition) is 12. The summed E-state index contributed by atoms with van der Waals surface area (Å²) in [4.78, 5) is 80.8. The molecule has 5 aliphatic heterocycles. The van der Waals surface area contributed by atoms with Gasteiger partial charge < -0.3 is 24.8 Å². The van der Waals surface area contributed by atoms with E-state index in [0.29, 0.717) is 39.1 Å². The second kappa shape index (κ2) is 16.5. The molecule has 1 atom stereocenters. The highest BCUT2D eigenvalue weighted by atomic mass is 35.5. The Bertz CT molecular complexity index is 2230. The van der Waals surface area contributed by atoms with Gasteiger partial charge in [0, 0.05) is 62.4 Å². The number of likely N-dealkylation sites (tertiary alicyclic amines) is 1. The van der Waals surface area contributed by atoms with Crippen LogP contribution in [0.25, 0.3) is 0 Å². The quantitative estimate of drug-likeness (QED) is 0.292. The molecule has 2 N–H and O–H groups in total. The first kappa shape index (κ1) is 39.8. The summed E-state index contributed by atoms with van der Waals surface area (Å²) in [7, 11) is 0. The number of nitrogens with one attached hydrogen (secondary N) is 2. The summed E-state index contributed by atoms with van der Waals surface area (Å²) < 4.78 is 6.09. The van der Waals surface area contributed by atoms with Gasteiger partial charge in [0.25, 0.3) is 17.7 Å². The summed E-state index contributed by atoms with van der Waals surface area (Å²) in [5.74, 6) is -0.129. The Morgan fingerprint density at radius 2 is 1.63 bits per heavy atom. The van der Waals surface area contributed by atoms with Crippen molar-refractivity contribution < 1.29 is 28.7 Å². The molecule has 1 unspecified atom stereocenters. The molecule has 16 heteroatoms. The van der Waals surface area contributed by atoms with Crippen molar-refractivity contribution in [2.75, 3.05) is 55.6 Å². The Labute approximate surface area is 353 Å². The number of rotatable bonds is 9. The van der Waals surface area contributed by atoms with E-state index in [0.717, 1.165) is 114 Å². The second-order valence-electron chi connectivity index (χ2n) is 17.3. The molecule has 1 aliphatic carbocycles. The van der Waals surface area contributed by atoms with Crippen LogP contribution in [0.5, 0.6) is 5.75 Å². The van der Waals surface area contributed by atoms with Crippen molar-refractivity contribution in [1.29, 1.82) is 5.26 Å². The molecule has 4 saturated heterocycles. The molecule has 1 saturated carbocycles. The number of imide groups is 2. The second-order valence-corrected chi connectivity index (χ2v) is 17.7. The average molecular weight is 834 g/mol. The van der Waals surface area contributed by atoms with E-state index in [9.17, 15) is 24.0 Å². The van der Waals surface area contributed by atoms with Gasteiger partial charge in [-0.1, -0.05) is 11.6 Å². The summed E-state index contributed by atoms with van der Waals surface area (Å²) >= 11 is 6.15. The van der Waals surface area contributed by atoms with Crippen LogP contribution >= 0.6 is 11.6 Å². The Kier molecular flexibility index (Phi) is 10.9. The molecule has 0 bridgehead atoms. The minimum atomic E-state index is -0.967. The fourth-order valence-corrected chi connectivity index (χ4v) is 10.1. The van der Waals surface area contributed by atoms with Gasteiger partial charge in [-0.05, 0) is 107 Å². The van der Waals surface area contributed by atoms with E-state index in [1.54, 1.807) is 42.7 Å². The molecule has 1 spiro atoms. The number of piperidine rings is 3. The fourth-order valence-electron chi connectivity index (χ4n) is 9.88. The number of halogens is 1. The number of hydrogen-bond donors (Lipinski definition) is 2. The highest BCUT2D eigenvalue weighted by Gasteiger charge is 2.47. The van der Waals surface area contributed by atoms with Crippen molar-refractivity contribution >= 4 is 52.6 Å². The number of nitriles is 1. The van der Waals surface area contributed by atoms with Crippen molar-refractivity contribution in [2.24, 2.45) is 11.3 Å². The van der Waals surface area contributed by atoms with Crippen LogP contribution in [0.1, 0.15) is 101 Å². The maximum absolute atomic E-state index is 13.3. The predicted octanol–water partition coefficient (Wildman–Crippen LogP) is 4.34. The van der Waals surface area contributed by atoms with Crippen molar-refractivity contribution in [1.82, 2.24) is 30.4 Å². The number of ether oxygens (including phenoxy) is 1. The molecule has 6 heterocycles. The van der Waals surface area contributed by atoms with E-state index in [2.05, 4.69) is 41.4 Å². The molecule has 2 aromatic carbocycles. The zero-order valence-corrected chi connectivity index (χ0v) is 34.2. The number of aromatic nitrogens is 2. The topological polar surface area (TPSA) is 181 Å². The van der Waals surface area contributed by atoms with Gasteiger partial charge in [0.2, 0.25) is 11.8 Å². The van der Waals surface area contributed by atoms with Crippen LogP contribution in [0, 0.1) is 22.7 Å². The third-order valence-electron chi connectivity index (χ3n) is 13.5. The molecule has 60 heavy (non-hydrogen) atoms. The fraction of sp³-hybridized carbons (Fsp3) is 0.500. The minimum absolute atomic E-state index is 0.0250. The van der Waals surface area contributed by atoms with Crippen molar-refractivity contribution in [3.05, 3.63) is 76.2 Å². The van der Waals surface area contributed by atoms with Crippen molar-refractivity contribution in [3.63, 3.8) is 0 Å². The number of benzene rings is 2. The van der Waals surface area contributed by atoms with E-state index in [4.69, 9.17) is 21.6 Å². The SMILES string of the molecule is N#Cc1ccc(OC2CCC(NC(=O)c3cnc(N4CC5(CCN(CC6CCN(c7ccc8c(c7)C(=O)N(C7CCC(=O)NC7=O)C8=O)CC6)CC5)C4)cn3)CC2)cc1Cl. The number of carbonyl (C=O) groups is 5. The zero-order chi connectivity index (χ0) is 41.5. The number of carbonyl (C=O) groups excluding carboxylic acids is 5.